The monoisotopic (exact) mass is 425 g/mol. The van der Waals surface area contributed by atoms with E-state index in [0.717, 1.165) is 5.75 Å². The summed E-state index contributed by atoms with van der Waals surface area (Å²) >= 11 is 4.99. The average molecular weight is 426 g/mol. The van der Waals surface area contributed by atoms with Gasteiger partial charge >= 0.3 is 0 Å². The van der Waals surface area contributed by atoms with Gasteiger partial charge in [0.1, 0.15) is 0 Å². The van der Waals surface area contributed by atoms with Gasteiger partial charge in [-0.05, 0) is 6.42 Å². The molecule has 0 aromatic rings. The molecule has 0 amide bonds. The second kappa shape index (κ2) is 28.4. The SMILES string of the molecule is CCCCCCCCCCCCCCCCCCCCCCCCCCCC[S]. The minimum absolute atomic E-state index is 0.958. The Kier molecular flexibility index (Phi) is 28.7. The van der Waals surface area contributed by atoms with Crippen LogP contribution in [-0.2, 0) is 0 Å². The topological polar surface area (TPSA) is 0 Å². The van der Waals surface area contributed by atoms with Crippen LogP contribution in [0.3, 0.4) is 0 Å². The van der Waals surface area contributed by atoms with Gasteiger partial charge in [-0.15, -0.1) is 0 Å². The highest BCUT2D eigenvalue weighted by Gasteiger charge is 1.96. The summed E-state index contributed by atoms with van der Waals surface area (Å²) in [5.41, 5.74) is 0. The van der Waals surface area contributed by atoms with E-state index in [1.54, 1.807) is 0 Å². The normalized spacial score (nSPS) is 11.4. The summed E-state index contributed by atoms with van der Waals surface area (Å²) in [5.74, 6) is 0.958. The molecule has 0 bridgehead atoms. The zero-order valence-corrected chi connectivity index (χ0v) is 21.3. The van der Waals surface area contributed by atoms with Crippen molar-refractivity contribution in [2.24, 2.45) is 0 Å². The van der Waals surface area contributed by atoms with E-state index in [0.29, 0.717) is 0 Å². The van der Waals surface area contributed by atoms with E-state index in [1.165, 1.54) is 167 Å². The lowest BCUT2D eigenvalue weighted by Crippen LogP contribution is -1.85. The standard InChI is InChI=1S/C28H57S/c1-2-3-4-5-6-7-8-9-10-11-12-13-14-15-16-17-18-19-20-21-22-23-24-25-26-27-28-29/h2-28H2,1H3. The predicted molar refractivity (Wildman–Crippen MR) is 138 cm³/mol. The van der Waals surface area contributed by atoms with Gasteiger partial charge in [-0.3, -0.25) is 0 Å². The fourth-order valence-electron chi connectivity index (χ4n) is 4.42. The third-order valence-electron chi connectivity index (χ3n) is 6.50. The van der Waals surface area contributed by atoms with Crippen molar-refractivity contribution in [2.75, 3.05) is 5.75 Å². The van der Waals surface area contributed by atoms with Crippen LogP contribution < -0.4 is 0 Å². The van der Waals surface area contributed by atoms with Crippen LogP contribution >= 0.6 is 12.6 Å². The molecule has 0 fully saturated rings. The molecule has 0 rings (SSSR count). The van der Waals surface area contributed by atoms with Gasteiger partial charge in [-0.25, -0.2) is 0 Å². The Labute approximate surface area is 192 Å². The second-order valence-electron chi connectivity index (χ2n) is 9.54. The van der Waals surface area contributed by atoms with Crippen LogP contribution in [0, 0.1) is 0 Å². The summed E-state index contributed by atoms with van der Waals surface area (Å²) < 4.78 is 0. The van der Waals surface area contributed by atoms with Crippen LogP contribution in [0.1, 0.15) is 174 Å². The Morgan fingerprint density at radius 1 is 0.276 bits per heavy atom. The van der Waals surface area contributed by atoms with E-state index in [2.05, 4.69) is 6.92 Å². The molecule has 0 aliphatic carbocycles. The molecule has 0 nitrogen and oxygen atoms in total. The maximum absolute atomic E-state index is 4.99. The zero-order chi connectivity index (χ0) is 21.1. The largest absolute Gasteiger partial charge is 0.0942 e. The van der Waals surface area contributed by atoms with Crippen LogP contribution in [0.15, 0.2) is 0 Å². The molecule has 1 radical (unpaired) electrons. The van der Waals surface area contributed by atoms with E-state index in [9.17, 15) is 0 Å². The first-order chi connectivity index (χ1) is 14.4. The third-order valence-corrected chi connectivity index (χ3v) is 6.79. The van der Waals surface area contributed by atoms with Gasteiger partial charge in [0.2, 0.25) is 0 Å². The van der Waals surface area contributed by atoms with E-state index >= 15 is 0 Å². The fraction of sp³-hybridized carbons (Fsp3) is 1.00. The lowest BCUT2D eigenvalue weighted by Gasteiger charge is -2.04. The van der Waals surface area contributed by atoms with Crippen molar-refractivity contribution in [3.8, 4) is 0 Å². The minimum atomic E-state index is 0.958. The van der Waals surface area contributed by atoms with Gasteiger partial charge in [-0.2, -0.15) is 0 Å². The highest BCUT2D eigenvalue weighted by Crippen LogP contribution is 2.15. The van der Waals surface area contributed by atoms with Crippen LogP contribution in [0.2, 0.25) is 0 Å². The smallest absolute Gasteiger partial charge is 0.00369 e. The first-order valence-corrected chi connectivity index (χ1v) is 14.6. The van der Waals surface area contributed by atoms with Crippen LogP contribution in [0.5, 0.6) is 0 Å². The van der Waals surface area contributed by atoms with Gasteiger partial charge in [0.25, 0.3) is 0 Å². The molecule has 0 spiro atoms. The molecule has 175 valence electrons. The van der Waals surface area contributed by atoms with Crippen molar-refractivity contribution in [3.63, 3.8) is 0 Å². The second-order valence-corrected chi connectivity index (χ2v) is 9.95. The van der Waals surface area contributed by atoms with E-state index in [-0.39, 0.29) is 0 Å². The molecule has 1 heteroatoms. The Morgan fingerprint density at radius 2 is 0.448 bits per heavy atom. The molecule has 0 N–H and O–H groups in total. The number of hydrogen-bond acceptors (Lipinski definition) is 0. The van der Waals surface area contributed by atoms with Crippen molar-refractivity contribution in [1.82, 2.24) is 0 Å². The van der Waals surface area contributed by atoms with Crippen molar-refractivity contribution in [3.05, 3.63) is 0 Å². The lowest BCUT2D eigenvalue weighted by atomic mass is 10.0. The van der Waals surface area contributed by atoms with Crippen molar-refractivity contribution in [2.45, 2.75) is 174 Å². The van der Waals surface area contributed by atoms with Gasteiger partial charge < -0.3 is 0 Å². The summed E-state index contributed by atoms with van der Waals surface area (Å²) in [6, 6.07) is 0. The quantitative estimate of drug-likeness (QED) is 0.121. The zero-order valence-electron chi connectivity index (χ0n) is 20.5. The van der Waals surface area contributed by atoms with E-state index < -0.39 is 0 Å². The number of rotatable bonds is 26. The van der Waals surface area contributed by atoms with Crippen molar-refractivity contribution < 1.29 is 0 Å². The summed E-state index contributed by atoms with van der Waals surface area (Å²) in [6.07, 6.45) is 37.9. The Bertz CT molecular complexity index is 237. The molecule has 0 saturated carbocycles. The minimum Gasteiger partial charge on any atom is -0.0942 e. The van der Waals surface area contributed by atoms with Crippen LogP contribution in [0.4, 0.5) is 0 Å². The van der Waals surface area contributed by atoms with Gasteiger partial charge in [0.05, 0.1) is 0 Å². The Balaban J connectivity index is 2.97. The Morgan fingerprint density at radius 3 is 0.621 bits per heavy atom. The third kappa shape index (κ3) is 28.4. The van der Waals surface area contributed by atoms with Gasteiger partial charge in [-0.1, -0.05) is 180 Å². The maximum Gasteiger partial charge on any atom is 0.00369 e. The molecule has 0 heterocycles. The molecule has 0 unspecified atom stereocenters. The predicted octanol–water partition coefficient (Wildman–Crippen LogP) is 11.3. The first kappa shape index (κ1) is 29.4. The highest BCUT2D eigenvalue weighted by atomic mass is 32.1. The van der Waals surface area contributed by atoms with Crippen LogP contribution in [0.25, 0.3) is 0 Å². The van der Waals surface area contributed by atoms with Crippen LogP contribution in [-0.4, -0.2) is 5.75 Å². The molecule has 0 aromatic heterocycles. The molecule has 0 aromatic carbocycles. The first-order valence-electron chi connectivity index (χ1n) is 14.0. The molecule has 29 heavy (non-hydrogen) atoms. The molecular weight excluding hydrogens is 368 g/mol. The average Bonchev–Trinajstić information content (AvgIpc) is 2.74. The summed E-state index contributed by atoms with van der Waals surface area (Å²) in [7, 11) is 0. The van der Waals surface area contributed by atoms with E-state index in [1.807, 2.05) is 0 Å². The Hall–Kier alpha value is 0.350. The maximum atomic E-state index is 4.99. The number of unbranched alkanes of at least 4 members (excludes halogenated alkanes) is 25. The number of hydrogen-bond donors (Lipinski definition) is 0. The summed E-state index contributed by atoms with van der Waals surface area (Å²) in [5, 5.41) is 0. The van der Waals surface area contributed by atoms with Gasteiger partial charge in [0.15, 0.2) is 0 Å². The van der Waals surface area contributed by atoms with Crippen molar-refractivity contribution in [1.29, 1.82) is 0 Å². The molecule has 0 atom stereocenters. The van der Waals surface area contributed by atoms with Crippen molar-refractivity contribution >= 4 is 12.6 Å². The lowest BCUT2D eigenvalue weighted by molar-refractivity contribution is 0.516. The highest BCUT2D eigenvalue weighted by molar-refractivity contribution is 7.80. The van der Waals surface area contributed by atoms with Gasteiger partial charge in [0, 0.05) is 5.75 Å². The fourth-order valence-corrected chi connectivity index (χ4v) is 4.62. The molecular formula is C28H57S. The molecule has 0 saturated heterocycles. The summed E-state index contributed by atoms with van der Waals surface area (Å²) in [6.45, 7) is 2.30. The molecule has 0 aliphatic rings. The molecule has 0 aliphatic heterocycles. The summed E-state index contributed by atoms with van der Waals surface area (Å²) in [4.78, 5) is 0. The van der Waals surface area contributed by atoms with E-state index in [4.69, 9.17) is 12.6 Å².